The highest BCUT2D eigenvalue weighted by molar-refractivity contribution is 5.46. The van der Waals surface area contributed by atoms with E-state index in [1.54, 1.807) is 18.6 Å². The molecule has 1 aliphatic heterocycles. The Balaban J connectivity index is 1.48. The molecule has 6 heteroatoms. The lowest BCUT2D eigenvalue weighted by molar-refractivity contribution is 0.147. The van der Waals surface area contributed by atoms with Crippen LogP contribution in [0.3, 0.4) is 0 Å². The second kappa shape index (κ2) is 6.12. The summed E-state index contributed by atoms with van der Waals surface area (Å²) in [6.07, 6.45) is 13.0. The molecule has 3 heterocycles. The molecule has 2 aromatic rings. The molecule has 1 N–H and O–H groups in total. The first kappa shape index (κ1) is 13.8. The zero-order chi connectivity index (χ0) is 14.8. The zero-order valence-corrected chi connectivity index (χ0v) is 12.8. The van der Waals surface area contributed by atoms with Gasteiger partial charge >= 0.3 is 0 Å². The highest BCUT2D eigenvalue weighted by atomic mass is 15.2. The Morgan fingerprint density at radius 3 is 2.82 bits per heavy atom. The van der Waals surface area contributed by atoms with Crippen LogP contribution in [0.2, 0.25) is 0 Å². The summed E-state index contributed by atoms with van der Waals surface area (Å²) >= 11 is 0. The van der Waals surface area contributed by atoms with Gasteiger partial charge in [-0.1, -0.05) is 12.8 Å². The second-order valence-electron chi connectivity index (χ2n) is 6.41. The fourth-order valence-electron chi connectivity index (χ4n) is 3.82. The number of piperidine rings is 1. The molecule has 22 heavy (non-hydrogen) atoms. The lowest BCUT2D eigenvalue weighted by Crippen LogP contribution is -2.40. The predicted octanol–water partition coefficient (Wildman–Crippen LogP) is 2.38. The molecule has 1 unspecified atom stereocenters. The second-order valence-corrected chi connectivity index (χ2v) is 6.41. The van der Waals surface area contributed by atoms with Gasteiger partial charge in [-0.25, -0.2) is 9.97 Å². The molecule has 4 rings (SSSR count). The van der Waals surface area contributed by atoms with E-state index >= 15 is 0 Å². The molecule has 0 spiro atoms. The maximum Gasteiger partial charge on any atom is 0.201 e. The van der Waals surface area contributed by atoms with E-state index in [-0.39, 0.29) is 0 Å². The van der Waals surface area contributed by atoms with Gasteiger partial charge in [-0.3, -0.25) is 15.0 Å². The third kappa shape index (κ3) is 2.75. The number of aromatic amines is 1. The summed E-state index contributed by atoms with van der Waals surface area (Å²) in [5, 5.41) is 7.46. The standard InChI is InChI=1S/C16H22N6/c1-2-6-13(5-1)22-9-3-4-12(11-22)15-19-16(21-20-15)14-10-17-7-8-18-14/h7-8,10,12-13H,1-6,9,11H2,(H,19,20,21). The van der Waals surface area contributed by atoms with Crippen molar-refractivity contribution in [1.29, 1.82) is 0 Å². The van der Waals surface area contributed by atoms with Gasteiger partial charge in [0.1, 0.15) is 11.5 Å². The number of nitrogens with zero attached hydrogens (tertiary/aromatic N) is 5. The first-order valence-corrected chi connectivity index (χ1v) is 8.33. The van der Waals surface area contributed by atoms with Gasteiger partial charge in [0.25, 0.3) is 0 Å². The molecule has 6 nitrogen and oxygen atoms in total. The Morgan fingerprint density at radius 1 is 1.09 bits per heavy atom. The summed E-state index contributed by atoms with van der Waals surface area (Å²) in [5.74, 6) is 2.12. The smallest absolute Gasteiger partial charge is 0.201 e. The van der Waals surface area contributed by atoms with Gasteiger partial charge < -0.3 is 0 Å². The highest BCUT2D eigenvalue weighted by Gasteiger charge is 2.30. The van der Waals surface area contributed by atoms with E-state index in [2.05, 4.69) is 30.0 Å². The minimum atomic E-state index is 0.465. The highest BCUT2D eigenvalue weighted by Crippen LogP contribution is 2.31. The number of hydrogen-bond acceptors (Lipinski definition) is 5. The SMILES string of the molecule is c1cnc(-c2n[nH]c(C3CCCN(C4CCCC4)C3)n2)cn1. The molecule has 2 aliphatic rings. The number of nitrogens with one attached hydrogen (secondary N) is 1. The van der Waals surface area contributed by atoms with E-state index in [1.807, 2.05) is 0 Å². The average molecular weight is 298 g/mol. The van der Waals surface area contributed by atoms with Gasteiger partial charge in [0.05, 0.1) is 6.20 Å². The monoisotopic (exact) mass is 298 g/mol. The van der Waals surface area contributed by atoms with Crippen molar-refractivity contribution in [2.24, 2.45) is 0 Å². The van der Waals surface area contributed by atoms with Crippen LogP contribution in [0.15, 0.2) is 18.6 Å². The van der Waals surface area contributed by atoms with Crippen LogP contribution in [0.4, 0.5) is 0 Å². The lowest BCUT2D eigenvalue weighted by Gasteiger charge is -2.35. The molecule has 0 radical (unpaired) electrons. The minimum Gasteiger partial charge on any atom is -0.300 e. The van der Waals surface area contributed by atoms with Crippen LogP contribution < -0.4 is 0 Å². The molecule has 116 valence electrons. The fraction of sp³-hybridized carbons (Fsp3) is 0.625. The number of hydrogen-bond donors (Lipinski definition) is 1. The van der Waals surface area contributed by atoms with Crippen molar-refractivity contribution >= 4 is 0 Å². The van der Waals surface area contributed by atoms with Crippen LogP contribution in [0.1, 0.15) is 50.3 Å². The summed E-state index contributed by atoms with van der Waals surface area (Å²) in [5.41, 5.74) is 0.730. The quantitative estimate of drug-likeness (QED) is 0.942. The average Bonchev–Trinajstić information content (AvgIpc) is 3.28. The molecule has 1 aliphatic carbocycles. The molecule has 1 saturated heterocycles. The van der Waals surface area contributed by atoms with Gasteiger partial charge in [-0.05, 0) is 32.2 Å². The van der Waals surface area contributed by atoms with E-state index in [9.17, 15) is 0 Å². The summed E-state index contributed by atoms with van der Waals surface area (Å²) in [6, 6.07) is 0.796. The van der Waals surface area contributed by atoms with Gasteiger partial charge in [0.15, 0.2) is 0 Å². The van der Waals surface area contributed by atoms with Crippen LogP contribution in [0.25, 0.3) is 11.5 Å². The molecular weight excluding hydrogens is 276 g/mol. The molecule has 1 saturated carbocycles. The Bertz CT molecular complexity index is 604. The molecule has 0 bridgehead atoms. The molecule has 2 fully saturated rings. The number of likely N-dealkylation sites (tertiary alicyclic amines) is 1. The fourth-order valence-corrected chi connectivity index (χ4v) is 3.82. The van der Waals surface area contributed by atoms with E-state index in [0.717, 1.165) is 24.1 Å². The number of H-pyrrole nitrogens is 1. The third-order valence-electron chi connectivity index (χ3n) is 4.98. The van der Waals surface area contributed by atoms with E-state index in [4.69, 9.17) is 0 Å². The van der Waals surface area contributed by atoms with Gasteiger partial charge in [0, 0.05) is 30.9 Å². The Hall–Kier alpha value is -1.82. The van der Waals surface area contributed by atoms with Crippen molar-refractivity contribution in [2.75, 3.05) is 13.1 Å². The van der Waals surface area contributed by atoms with Crippen LogP contribution >= 0.6 is 0 Å². The van der Waals surface area contributed by atoms with Crippen molar-refractivity contribution in [3.63, 3.8) is 0 Å². The van der Waals surface area contributed by atoms with E-state index < -0.39 is 0 Å². The molecule has 0 amide bonds. The van der Waals surface area contributed by atoms with E-state index in [0.29, 0.717) is 11.7 Å². The third-order valence-corrected chi connectivity index (χ3v) is 4.98. The minimum absolute atomic E-state index is 0.465. The largest absolute Gasteiger partial charge is 0.300 e. The molecule has 1 atom stereocenters. The first-order chi connectivity index (χ1) is 10.9. The number of aromatic nitrogens is 5. The maximum atomic E-state index is 4.67. The summed E-state index contributed by atoms with van der Waals surface area (Å²) in [4.78, 5) is 15.7. The topological polar surface area (TPSA) is 70.6 Å². The number of rotatable bonds is 3. The van der Waals surface area contributed by atoms with Crippen molar-refractivity contribution in [1.82, 2.24) is 30.0 Å². The van der Waals surface area contributed by atoms with Gasteiger partial charge in [0.2, 0.25) is 5.82 Å². The lowest BCUT2D eigenvalue weighted by atomic mass is 9.95. The van der Waals surface area contributed by atoms with Gasteiger partial charge in [-0.2, -0.15) is 5.10 Å². The zero-order valence-electron chi connectivity index (χ0n) is 12.8. The van der Waals surface area contributed by atoms with Crippen molar-refractivity contribution in [3.8, 4) is 11.5 Å². The van der Waals surface area contributed by atoms with Crippen molar-refractivity contribution in [2.45, 2.75) is 50.5 Å². The van der Waals surface area contributed by atoms with Crippen LogP contribution in [-0.4, -0.2) is 49.2 Å². The maximum absolute atomic E-state index is 4.67. The summed E-state index contributed by atoms with van der Waals surface area (Å²) in [6.45, 7) is 2.35. The molecule has 0 aromatic carbocycles. The Labute approximate surface area is 130 Å². The Kier molecular flexibility index (Phi) is 3.84. The first-order valence-electron chi connectivity index (χ1n) is 8.33. The molecule has 2 aromatic heterocycles. The van der Waals surface area contributed by atoms with E-state index in [1.165, 1.54) is 45.1 Å². The van der Waals surface area contributed by atoms with Crippen LogP contribution in [0.5, 0.6) is 0 Å². The van der Waals surface area contributed by atoms with Crippen molar-refractivity contribution in [3.05, 3.63) is 24.4 Å². The molecular formula is C16H22N6. The predicted molar refractivity (Wildman–Crippen MR) is 83.2 cm³/mol. The Morgan fingerprint density at radius 2 is 2.00 bits per heavy atom. The van der Waals surface area contributed by atoms with Crippen LogP contribution in [0, 0.1) is 0 Å². The van der Waals surface area contributed by atoms with Crippen molar-refractivity contribution < 1.29 is 0 Å². The summed E-state index contributed by atoms with van der Waals surface area (Å²) in [7, 11) is 0. The normalized spacial score (nSPS) is 23.9. The van der Waals surface area contributed by atoms with Crippen LogP contribution in [-0.2, 0) is 0 Å². The summed E-state index contributed by atoms with van der Waals surface area (Å²) < 4.78 is 0. The van der Waals surface area contributed by atoms with Gasteiger partial charge in [-0.15, -0.1) is 0 Å².